The molecule has 1 saturated heterocycles. The molecule has 0 saturated carbocycles. The highest BCUT2D eigenvalue weighted by molar-refractivity contribution is 5.58. The van der Waals surface area contributed by atoms with Gasteiger partial charge in [0, 0.05) is 24.3 Å². The molecule has 102 valence electrons. The summed E-state index contributed by atoms with van der Waals surface area (Å²) in [7, 11) is 0. The summed E-state index contributed by atoms with van der Waals surface area (Å²) >= 11 is 0. The predicted octanol–water partition coefficient (Wildman–Crippen LogP) is 0.819. The van der Waals surface area contributed by atoms with Gasteiger partial charge in [-0.15, -0.1) is 5.10 Å². The Morgan fingerprint density at radius 1 is 1.42 bits per heavy atom. The number of rotatable bonds is 2. The standard InChI is InChI=1S/C12H19N7/c1-7-9(6-14-16-7)11-15-12(18-17-11)19-5-3-4-10(13)8(19)2/h6,8,10H,3-5,13H2,1-2H3,(H,14,16)(H,15,17,18). The topological polar surface area (TPSA) is 99.5 Å². The van der Waals surface area contributed by atoms with Gasteiger partial charge < -0.3 is 10.6 Å². The van der Waals surface area contributed by atoms with Crippen molar-refractivity contribution in [3.05, 3.63) is 11.9 Å². The van der Waals surface area contributed by atoms with Gasteiger partial charge in [0.15, 0.2) is 5.82 Å². The average molecular weight is 261 g/mol. The number of hydrogen-bond acceptors (Lipinski definition) is 5. The second-order valence-corrected chi connectivity index (χ2v) is 5.13. The van der Waals surface area contributed by atoms with Crippen LogP contribution in [-0.4, -0.2) is 44.0 Å². The molecule has 2 unspecified atom stereocenters. The normalized spacial score (nSPS) is 23.8. The number of H-pyrrole nitrogens is 2. The van der Waals surface area contributed by atoms with Crippen molar-refractivity contribution >= 4 is 5.95 Å². The Bertz CT molecular complexity index is 558. The lowest BCUT2D eigenvalue weighted by Gasteiger charge is -2.36. The van der Waals surface area contributed by atoms with E-state index in [0.29, 0.717) is 0 Å². The van der Waals surface area contributed by atoms with E-state index in [2.05, 4.69) is 37.2 Å². The van der Waals surface area contributed by atoms with Gasteiger partial charge in [-0.1, -0.05) is 0 Å². The van der Waals surface area contributed by atoms with Crippen molar-refractivity contribution in [1.29, 1.82) is 0 Å². The van der Waals surface area contributed by atoms with E-state index in [4.69, 9.17) is 5.73 Å². The van der Waals surface area contributed by atoms with Gasteiger partial charge in [0.05, 0.1) is 11.8 Å². The molecule has 0 aliphatic carbocycles. The van der Waals surface area contributed by atoms with Crippen molar-refractivity contribution in [3.8, 4) is 11.4 Å². The van der Waals surface area contributed by atoms with Crippen molar-refractivity contribution in [2.75, 3.05) is 11.4 Å². The van der Waals surface area contributed by atoms with Crippen molar-refractivity contribution in [2.24, 2.45) is 5.73 Å². The first-order valence-electron chi connectivity index (χ1n) is 6.62. The molecule has 3 heterocycles. The van der Waals surface area contributed by atoms with Gasteiger partial charge in [0.1, 0.15) is 0 Å². The van der Waals surface area contributed by atoms with E-state index in [1.807, 2.05) is 6.92 Å². The Kier molecular flexibility index (Phi) is 2.98. The van der Waals surface area contributed by atoms with Crippen LogP contribution in [0.25, 0.3) is 11.4 Å². The summed E-state index contributed by atoms with van der Waals surface area (Å²) in [5.41, 5.74) is 8.04. The molecule has 2 aromatic heterocycles. The molecule has 2 atom stereocenters. The van der Waals surface area contributed by atoms with E-state index in [9.17, 15) is 0 Å². The summed E-state index contributed by atoms with van der Waals surface area (Å²) in [5, 5.41) is 14.2. The number of anilines is 1. The number of aryl methyl sites for hydroxylation is 1. The molecular formula is C12H19N7. The largest absolute Gasteiger partial charge is 0.335 e. The minimum Gasteiger partial charge on any atom is -0.335 e. The SMILES string of the molecule is Cc1[nH]ncc1-c1nc(N2CCCC(N)C2C)n[nH]1. The zero-order valence-electron chi connectivity index (χ0n) is 11.2. The maximum atomic E-state index is 6.11. The molecule has 7 nitrogen and oxygen atoms in total. The average Bonchev–Trinajstić information content (AvgIpc) is 3.01. The second kappa shape index (κ2) is 4.65. The number of aromatic nitrogens is 5. The summed E-state index contributed by atoms with van der Waals surface area (Å²) in [4.78, 5) is 6.74. The third kappa shape index (κ3) is 2.10. The number of hydrogen-bond donors (Lipinski definition) is 3. The second-order valence-electron chi connectivity index (χ2n) is 5.13. The molecule has 0 radical (unpaired) electrons. The molecule has 2 aromatic rings. The number of nitrogens with zero attached hydrogens (tertiary/aromatic N) is 4. The van der Waals surface area contributed by atoms with Crippen molar-refractivity contribution in [3.63, 3.8) is 0 Å². The van der Waals surface area contributed by atoms with Gasteiger partial charge in [-0.2, -0.15) is 10.1 Å². The van der Waals surface area contributed by atoms with E-state index < -0.39 is 0 Å². The Labute approximate surface area is 111 Å². The highest BCUT2D eigenvalue weighted by atomic mass is 15.4. The van der Waals surface area contributed by atoms with E-state index in [-0.39, 0.29) is 12.1 Å². The lowest BCUT2D eigenvalue weighted by molar-refractivity contribution is 0.416. The maximum absolute atomic E-state index is 6.11. The molecule has 7 heteroatoms. The Balaban J connectivity index is 1.87. The van der Waals surface area contributed by atoms with Crippen LogP contribution in [0.15, 0.2) is 6.20 Å². The summed E-state index contributed by atoms with van der Waals surface area (Å²) in [6.45, 7) is 5.05. The highest BCUT2D eigenvalue weighted by Crippen LogP contribution is 2.24. The van der Waals surface area contributed by atoms with Gasteiger partial charge in [-0.3, -0.25) is 10.2 Å². The number of nitrogens with one attached hydrogen (secondary N) is 2. The molecule has 1 aliphatic rings. The molecule has 1 fully saturated rings. The number of aromatic amines is 2. The maximum Gasteiger partial charge on any atom is 0.245 e. The Morgan fingerprint density at radius 2 is 2.26 bits per heavy atom. The van der Waals surface area contributed by atoms with Gasteiger partial charge >= 0.3 is 0 Å². The van der Waals surface area contributed by atoms with Crippen LogP contribution in [0, 0.1) is 6.92 Å². The molecule has 3 rings (SSSR count). The van der Waals surface area contributed by atoms with E-state index in [0.717, 1.165) is 42.4 Å². The Hall–Kier alpha value is -1.89. The quantitative estimate of drug-likeness (QED) is 0.743. The number of piperidine rings is 1. The van der Waals surface area contributed by atoms with Crippen LogP contribution in [0.3, 0.4) is 0 Å². The van der Waals surface area contributed by atoms with Crippen LogP contribution in [-0.2, 0) is 0 Å². The van der Waals surface area contributed by atoms with Gasteiger partial charge in [0.25, 0.3) is 0 Å². The zero-order chi connectivity index (χ0) is 13.4. The molecule has 0 amide bonds. The van der Waals surface area contributed by atoms with E-state index >= 15 is 0 Å². The molecule has 19 heavy (non-hydrogen) atoms. The first-order valence-corrected chi connectivity index (χ1v) is 6.62. The van der Waals surface area contributed by atoms with Crippen LogP contribution in [0.4, 0.5) is 5.95 Å². The highest BCUT2D eigenvalue weighted by Gasteiger charge is 2.28. The third-order valence-corrected chi connectivity index (χ3v) is 3.86. The third-order valence-electron chi connectivity index (χ3n) is 3.86. The fraction of sp³-hybridized carbons (Fsp3) is 0.583. The van der Waals surface area contributed by atoms with Gasteiger partial charge in [0.2, 0.25) is 5.95 Å². The monoisotopic (exact) mass is 261 g/mol. The van der Waals surface area contributed by atoms with Crippen molar-refractivity contribution in [1.82, 2.24) is 25.4 Å². The zero-order valence-corrected chi connectivity index (χ0v) is 11.2. The fourth-order valence-electron chi connectivity index (χ4n) is 2.55. The summed E-state index contributed by atoms with van der Waals surface area (Å²) < 4.78 is 0. The van der Waals surface area contributed by atoms with Crippen LogP contribution in [0.2, 0.25) is 0 Å². The first-order chi connectivity index (χ1) is 9.16. The molecule has 0 aromatic carbocycles. The molecular weight excluding hydrogens is 242 g/mol. The lowest BCUT2D eigenvalue weighted by atomic mass is 9.99. The lowest BCUT2D eigenvalue weighted by Crippen LogP contribution is -2.50. The van der Waals surface area contributed by atoms with Crippen molar-refractivity contribution < 1.29 is 0 Å². The number of nitrogens with two attached hydrogens (primary N) is 1. The van der Waals surface area contributed by atoms with Crippen LogP contribution < -0.4 is 10.6 Å². The smallest absolute Gasteiger partial charge is 0.245 e. The molecule has 0 spiro atoms. The van der Waals surface area contributed by atoms with E-state index in [1.54, 1.807) is 6.20 Å². The van der Waals surface area contributed by atoms with Crippen LogP contribution >= 0.6 is 0 Å². The van der Waals surface area contributed by atoms with Crippen LogP contribution in [0.1, 0.15) is 25.5 Å². The predicted molar refractivity (Wildman–Crippen MR) is 72.7 cm³/mol. The van der Waals surface area contributed by atoms with Crippen LogP contribution in [0.5, 0.6) is 0 Å². The fourth-order valence-corrected chi connectivity index (χ4v) is 2.55. The minimum atomic E-state index is 0.186. The minimum absolute atomic E-state index is 0.186. The van der Waals surface area contributed by atoms with E-state index in [1.165, 1.54) is 0 Å². The Morgan fingerprint density at radius 3 is 3.00 bits per heavy atom. The summed E-state index contributed by atoms with van der Waals surface area (Å²) in [5.74, 6) is 1.46. The van der Waals surface area contributed by atoms with Gasteiger partial charge in [-0.05, 0) is 26.7 Å². The molecule has 4 N–H and O–H groups in total. The summed E-state index contributed by atoms with van der Waals surface area (Å²) in [6, 6.07) is 0.453. The first kappa shape index (κ1) is 12.2. The van der Waals surface area contributed by atoms with Crippen molar-refractivity contribution in [2.45, 2.75) is 38.8 Å². The molecule has 1 aliphatic heterocycles. The molecule has 0 bridgehead atoms. The van der Waals surface area contributed by atoms with Gasteiger partial charge in [-0.25, -0.2) is 0 Å². The summed E-state index contributed by atoms with van der Waals surface area (Å²) in [6.07, 6.45) is 3.90.